The smallest absolute Gasteiger partial charge is 0.271 e. The van der Waals surface area contributed by atoms with Crippen molar-refractivity contribution in [3.63, 3.8) is 0 Å². The van der Waals surface area contributed by atoms with E-state index in [1.165, 1.54) is 12.5 Å². The molecule has 0 radical (unpaired) electrons. The standard InChI is InChI=1S/C16H23N3O3/c20-16-7-2-1-6-15(16)18-10-8-17(9-11-18)13-4-3-5-14(12-13)19(21)22/h3-5,12,15-16,20H,1-2,6-11H2. The molecule has 1 saturated heterocycles. The van der Waals surface area contributed by atoms with Gasteiger partial charge in [-0.05, 0) is 18.9 Å². The molecule has 22 heavy (non-hydrogen) atoms. The highest BCUT2D eigenvalue weighted by atomic mass is 16.6. The van der Waals surface area contributed by atoms with Crippen molar-refractivity contribution in [2.75, 3.05) is 31.1 Å². The summed E-state index contributed by atoms with van der Waals surface area (Å²) in [4.78, 5) is 15.1. The van der Waals surface area contributed by atoms with Gasteiger partial charge in [-0.25, -0.2) is 0 Å². The fourth-order valence-corrected chi connectivity index (χ4v) is 3.63. The Bertz CT molecular complexity index is 529. The quantitative estimate of drug-likeness (QED) is 0.683. The lowest BCUT2D eigenvalue weighted by Gasteiger charge is -2.43. The maximum atomic E-state index is 10.9. The number of anilines is 1. The van der Waals surface area contributed by atoms with Crippen molar-refractivity contribution in [3.8, 4) is 0 Å². The number of hydrogen-bond donors (Lipinski definition) is 1. The Labute approximate surface area is 130 Å². The molecule has 0 aromatic heterocycles. The van der Waals surface area contributed by atoms with Crippen molar-refractivity contribution in [1.82, 2.24) is 4.90 Å². The van der Waals surface area contributed by atoms with Gasteiger partial charge >= 0.3 is 0 Å². The molecule has 1 aliphatic heterocycles. The van der Waals surface area contributed by atoms with Crippen LogP contribution in [-0.4, -0.2) is 53.3 Å². The van der Waals surface area contributed by atoms with Gasteiger partial charge < -0.3 is 10.0 Å². The molecule has 2 aliphatic rings. The highest BCUT2D eigenvalue weighted by Gasteiger charge is 2.31. The van der Waals surface area contributed by atoms with Crippen molar-refractivity contribution in [2.24, 2.45) is 0 Å². The number of aliphatic hydroxyl groups excluding tert-OH is 1. The zero-order valence-electron chi connectivity index (χ0n) is 12.7. The molecule has 6 nitrogen and oxygen atoms in total. The highest BCUT2D eigenvalue weighted by molar-refractivity contribution is 5.53. The summed E-state index contributed by atoms with van der Waals surface area (Å²) in [6.07, 6.45) is 4.13. The van der Waals surface area contributed by atoms with E-state index in [9.17, 15) is 15.2 Å². The number of non-ortho nitro benzene ring substituents is 1. The fourth-order valence-electron chi connectivity index (χ4n) is 3.63. The Morgan fingerprint density at radius 1 is 1.14 bits per heavy atom. The van der Waals surface area contributed by atoms with Crippen molar-refractivity contribution in [2.45, 2.75) is 37.8 Å². The molecular formula is C16H23N3O3. The van der Waals surface area contributed by atoms with E-state index in [1.807, 2.05) is 6.07 Å². The van der Waals surface area contributed by atoms with Gasteiger partial charge in [0.15, 0.2) is 0 Å². The van der Waals surface area contributed by atoms with E-state index in [2.05, 4.69) is 9.80 Å². The van der Waals surface area contributed by atoms with Crippen molar-refractivity contribution >= 4 is 11.4 Å². The first-order valence-corrected chi connectivity index (χ1v) is 8.06. The van der Waals surface area contributed by atoms with Crippen LogP contribution in [0.25, 0.3) is 0 Å². The number of hydrogen-bond acceptors (Lipinski definition) is 5. The maximum Gasteiger partial charge on any atom is 0.271 e. The van der Waals surface area contributed by atoms with Crippen LogP contribution in [0.15, 0.2) is 24.3 Å². The summed E-state index contributed by atoms with van der Waals surface area (Å²) < 4.78 is 0. The average molecular weight is 305 g/mol. The summed E-state index contributed by atoms with van der Waals surface area (Å²) in [5.41, 5.74) is 1.06. The van der Waals surface area contributed by atoms with Crippen LogP contribution in [0.2, 0.25) is 0 Å². The average Bonchev–Trinajstić information content (AvgIpc) is 2.56. The summed E-state index contributed by atoms with van der Waals surface area (Å²) in [5, 5.41) is 21.1. The van der Waals surface area contributed by atoms with Crippen LogP contribution < -0.4 is 4.90 Å². The molecule has 2 atom stereocenters. The lowest BCUT2D eigenvalue weighted by molar-refractivity contribution is -0.384. The third kappa shape index (κ3) is 3.23. The van der Waals surface area contributed by atoms with Gasteiger partial charge in [0, 0.05) is 50.0 Å². The van der Waals surface area contributed by atoms with Crippen molar-refractivity contribution in [1.29, 1.82) is 0 Å². The molecule has 120 valence electrons. The summed E-state index contributed by atoms with van der Waals surface area (Å²) in [6.45, 7) is 3.52. The minimum Gasteiger partial charge on any atom is -0.391 e. The monoisotopic (exact) mass is 305 g/mol. The number of benzene rings is 1. The molecule has 1 saturated carbocycles. The maximum absolute atomic E-state index is 10.9. The summed E-state index contributed by atoms with van der Waals surface area (Å²) >= 11 is 0. The molecule has 0 amide bonds. The number of piperazine rings is 1. The predicted molar refractivity (Wildman–Crippen MR) is 85.1 cm³/mol. The highest BCUT2D eigenvalue weighted by Crippen LogP contribution is 2.26. The second kappa shape index (κ2) is 6.62. The molecule has 1 aromatic carbocycles. The number of aliphatic hydroxyl groups is 1. The second-order valence-electron chi connectivity index (χ2n) is 6.22. The SMILES string of the molecule is O=[N+]([O-])c1cccc(N2CCN(C3CCCCC3O)CC2)c1. The van der Waals surface area contributed by atoms with Crippen LogP contribution in [0.4, 0.5) is 11.4 Å². The number of nitro benzene ring substituents is 1. The second-order valence-corrected chi connectivity index (χ2v) is 6.22. The molecule has 6 heteroatoms. The van der Waals surface area contributed by atoms with Gasteiger partial charge in [0.25, 0.3) is 5.69 Å². The van der Waals surface area contributed by atoms with Gasteiger partial charge in [-0.2, -0.15) is 0 Å². The fraction of sp³-hybridized carbons (Fsp3) is 0.625. The van der Waals surface area contributed by atoms with E-state index < -0.39 is 0 Å². The zero-order chi connectivity index (χ0) is 15.5. The third-order valence-electron chi connectivity index (χ3n) is 4.88. The molecule has 2 fully saturated rings. The Hall–Kier alpha value is -1.66. The largest absolute Gasteiger partial charge is 0.391 e. The summed E-state index contributed by atoms with van der Waals surface area (Å²) in [7, 11) is 0. The van der Waals surface area contributed by atoms with Gasteiger partial charge in [0.1, 0.15) is 0 Å². The van der Waals surface area contributed by atoms with Crippen LogP contribution in [0, 0.1) is 10.1 Å². The molecular weight excluding hydrogens is 282 g/mol. The van der Waals surface area contributed by atoms with Crippen molar-refractivity contribution < 1.29 is 10.0 Å². The van der Waals surface area contributed by atoms with Crippen LogP contribution >= 0.6 is 0 Å². The lowest BCUT2D eigenvalue weighted by atomic mass is 9.91. The Morgan fingerprint density at radius 3 is 2.55 bits per heavy atom. The molecule has 1 aromatic rings. The minimum absolute atomic E-state index is 0.141. The minimum atomic E-state index is -0.349. The molecule has 1 N–H and O–H groups in total. The van der Waals surface area contributed by atoms with Gasteiger partial charge in [-0.15, -0.1) is 0 Å². The molecule has 0 spiro atoms. The zero-order valence-corrected chi connectivity index (χ0v) is 12.7. The first-order valence-electron chi connectivity index (χ1n) is 8.06. The van der Waals surface area contributed by atoms with Crippen LogP contribution in [0.5, 0.6) is 0 Å². The van der Waals surface area contributed by atoms with E-state index in [0.717, 1.165) is 51.1 Å². The van der Waals surface area contributed by atoms with Gasteiger partial charge in [0.2, 0.25) is 0 Å². The van der Waals surface area contributed by atoms with Gasteiger partial charge in [-0.1, -0.05) is 18.9 Å². The Kier molecular flexibility index (Phi) is 4.59. The molecule has 1 heterocycles. The Balaban J connectivity index is 1.61. The topological polar surface area (TPSA) is 69.9 Å². The van der Waals surface area contributed by atoms with E-state index in [-0.39, 0.29) is 16.7 Å². The van der Waals surface area contributed by atoms with Crippen LogP contribution in [-0.2, 0) is 0 Å². The number of nitrogens with zero attached hydrogens (tertiary/aromatic N) is 3. The number of rotatable bonds is 3. The number of nitro groups is 1. The molecule has 3 rings (SSSR count). The molecule has 1 aliphatic carbocycles. The molecule has 2 unspecified atom stereocenters. The van der Waals surface area contributed by atoms with Crippen LogP contribution in [0.1, 0.15) is 25.7 Å². The summed E-state index contributed by atoms with van der Waals surface area (Å²) in [6, 6.07) is 7.13. The van der Waals surface area contributed by atoms with E-state index >= 15 is 0 Å². The van der Waals surface area contributed by atoms with E-state index in [4.69, 9.17) is 0 Å². The first-order chi connectivity index (χ1) is 10.6. The first kappa shape index (κ1) is 15.2. The van der Waals surface area contributed by atoms with Gasteiger partial charge in [-0.3, -0.25) is 15.0 Å². The Morgan fingerprint density at radius 2 is 1.86 bits per heavy atom. The van der Waals surface area contributed by atoms with E-state index in [1.54, 1.807) is 12.1 Å². The summed E-state index contributed by atoms with van der Waals surface area (Å²) in [5.74, 6) is 0. The van der Waals surface area contributed by atoms with Crippen molar-refractivity contribution in [3.05, 3.63) is 34.4 Å². The normalized spacial score (nSPS) is 26.9. The predicted octanol–water partition coefficient (Wildman–Crippen LogP) is 2.02. The third-order valence-corrected chi connectivity index (χ3v) is 4.88. The van der Waals surface area contributed by atoms with E-state index in [0.29, 0.717) is 6.04 Å². The van der Waals surface area contributed by atoms with Gasteiger partial charge in [0.05, 0.1) is 11.0 Å². The lowest BCUT2D eigenvalue weighted by Crippen LogP contribution is -2.54. The molecule has 0 bridgehead atoms. The van der Waals surface area contributed by atoms with Crippen LogP contribution in [0.3, 0.4) is 0 Å².